The van der Waals surface area contributed by atoms with Gasteiger partial charge in [-0.15, -0.1) is 11.3 Å². The highest BCUT2D eigenvalue weighted by Crippen LogP contribution is 2.29. The number of carbonyl (C=O) groups is 2. The minimum absolute atomic E-state index is 0.0178. The van der Waals surface area contributed by atoms with Crippen molar-refractivity contribution < 1.29 is 14.7 Å². The van der Waals surface area contributed by atoms with Gasteiger partial charge in [0.25, 0.3) is 0 Å². The predicted octanol–water partition coefficient (Wildman–Crippen LogP) is 2.90. The molecule has 1 saturated heterocycles. The average molecular weight is 344 g/mol. The van der Waals surface area contributed by atoms with Crippen LogP contribution >= 0.6 is 11.3 Å². The predicted molar refractivity (Wildman–Crippen MR) is 93.1 cm³/mol. The number of thiazole rings is 1. The quantitative estimate of drug-likeness (QED) is 0.926. The Labute approximate surface area is 145 Å². The van der Waals surface area contributed by atoms with Crippen LogP contribution in [0.2, 0.25) is 0 Å². The molecule has 1 atom stereocenters. The topological polar surface area (TPSA) is 70.5 Å². The highest BCUT2D eigenvalue weighted by Gasteiger charge is 2.31. The summed E-state index contributed by atoms with van der Waals surface area (Å²) >= 11 is 1.53. The van der Waals surface area contributed by atoms with Gasteiger partial charge in [0.05, 0.1) is 23.0 Å². The number of carboxylic acids is 1. The highest BCUT2D eigenvalue weighted by molar-refractivity contribution is 7.12. The zero-order valence-electron chi connectivity index (χ0n) is 13.8. The Kier molecular flexibility index (Phi) is 4.66. The monoisotopic (exact) mass is 344 g/mol. The molecule has 0 spiro atoms. The fourth-order valence-corrected chi connectivity index (χ4v) is 3.91. The van der Waals surface area contributed by atoms with Crippen molar-refractivity contribution in [2.75, 3.05) is 13.1 Å². The van der Waals surface area contributed by atoms with Crippen molar-refractivity contribution in [2.24, 2.45) is 5.92 Å². The number of rotatable bonds is 4. The van der Waals surface area contributed by atoms with E-state index in [0.717, 1.165) is 21.1 Å². The van der Waals surface area contributed by atoms with Gasteiger partial charge in [0.2, 0.25) is 5.91 Å². The van der Waals surface area contributed by atoms with Gasteiger partial charge in [-0.3, -0.25) is 9.59 Å². The molecule has 6 heteroatoms. The van der Waals surface area contributed by atoms with E-state index in [1.54, 1.807) is 4.90 Å². The summed E-state index contributed by atoms with van der Waals surface area (Å²) in [5.74, 6) is -1.27. The fraction of sp³-hybridized carbons (Fsp3) is 0.389. The summed E-state index contributed by atoms with van der Waals surface area (Å²) in [5.41, 5.74) is 3.05. The summed E-state index contributed by atoms with van der Waals surface area (Å²) in [6.07, 6.45) is 0.814. The first kappa shape index (κ1) is 16.6. The minimum atomic E-state index is -0.820. The second kappa shape index (κ2) is 6.73. The molecule has 1 amide bonds. The Balaban J connectivity index is 1.77. The second-order valence-electron chi connectivity index (χ2n) is 6.21. The lowest BCUT2D eigenvalue weighted by Crippen LogP contribution is -2.31. The summed E-state index contributed by atoms with van der Waals surface area (Å²) < 4.78 is 0. The summed E-state index contributed by atoms with van der Waals surface area (Å²) in [6, 6.07) is 8.11. The van der Waals surface area contributed by atoms with Crippen molar-refractivity contribution in [2.45, 2.75) is 26.7 Å². The first-order chi connectivity index (χ1) is 11.4. The summed E-state index contributed by atoms with van der Waals surface area (Å²) in [6.45, 7) is 4.80. The Bertz CT molecular complexity index is 767. The molecule has 2 heterocycles. The number of hydrogen-bond acceptors (Lipinski definition) is 4. The molecule has 3 rings (SSSR count). The molecule has 0 bridgehead atoms. The van der Waals surface area contributed by atoms with Crippen molar-refractivity contribution in [3.63, 3.8) is 0 Å². The maximum absolute atomic E-state index is 12.5. The molecule has 1 aromatic carbocycles. The fourth-order valence-electron chi connectivity index (χ4n) is 2.96. The summed E-state index contributed by atoms with van der Waals surface area (Å²) in [4.78, 5) is 30.8. The van der Waals surface area contributed by atoms with Gasteiger partial charge in [-0.1, -0.05) is 29.8 Å². The lowest BCUT2D eigenvalue weighted by Gasteiger charge is -2.15. The van der Waals surface area contributed by atoms with Crippen LogP contribution in [0.15, 0.2) is 24.3 Å². The first-order valence-electron chi connectivity index (χ1n) is 7.98. The normalized spacial score (nSPS) is 17.2. The Morgan fingerprint density at radius 1 is 1.29 bits per heavy atom. The van der Waals surface area contributed by atoms with E-state index < -0.39 is 11.9 Å². The van der Waals surface area contributed by atoms with E-state index in [-0.39, 0.29) is 12.3 Å². The van der Waals surface area contributed by atoms with Crippen LogP contribution in [-0.4, -0.2) is 40.0 Å². The molecule has 0 aliphatic carbocycles. The number of aliphatic carboxylic acids is 1. The molecule has 1 aliphatic rings. The van der Waals surface area contributed by atoms with Gasteiger partial charge in [0.15, 0.2) is 0 Å². The van der Waals surface area contributed by atoms with Crippen LogP contribution in [0.25, 0.3) is 11.3 Å². The lowest BCUT2D eigenvalue weighted by atomic mass is 10.1. The molecule has 24 heavy (non-hydrogen) atoms. The summed E-state index contributed by atoms with van der Waals surface area (Å²) in [5, 5.41) is 10.0. The SMILES string of the molecule is Cc1ccc(-c2nc(C)sc2CC(=O)N2CC[C@H](C(=O)O)C2)cc1. The molecule has 1 aromatic heterocycles. The Morgan fingerprint density at radius 3 is 2.62 bits per heavy atom. The van der Waals surface area contributed by atoms with E-state index in [2.05, 4.69) is 4.98 Å². The number of benzene rings is 1. The number of hydrogen-bond donors (Lipinski definition) is 1. The molecule has 0 unspecified atom stereocenters. The van der Waals surface area contributed by atoms with E-state index in [9.17, 15) is 9.59 Å². The summed E-state index contributed by atoms with van der Waals surface area (Å²) in [7, 11) is 0. The molecule has 0 radical (unpaired) electrons. The van der Waals surface area contributed by atoms with Crippen molar-refractivity contribution in [1.29, 1.82) is 0 Å². The van der Waals surface area contributed by atoms with E-state index >= 15 is 0 Å². The van der Waals surface area contributed by atoms with Gasteiger partial charge in [-0.05, 0) is 20.3 Å². The van der Waals surface area contributed by atoms with Crippen molar-refractivity contribution >= 4 is 23.2 Å². The number of carbonyl (C=O) groups excluding carboxylic acids is 1. The molecule has 5 nitrogen and oxygen atoms in total. The minimum Gasteiger partial charge on any atom is -0.481 e. The van der Waals surface area contributed by atoms with Crippen LogP contribution in [0, 0.1) is 19.8 Å². The number of aryl methyl sites for hydroxylation is 2. The van der Waals surface area contributed by atoms with Crippen LogP contribution in [0.5, 0.6) is 0 Å². The van der Waals surface area contributed by atoms with Crippen LogP contribution in [0.3, 0.4) is 0 Å². The Hall–Kier alpha value is -2.21. The Morgan fingerprint density at radius 2 is 2.00 bits per heavy atom. The van der Waals surface area contributed by atoms with Crippen LogP contribution in [0.4, 0.5) is 0 Å². The van der Waals surface area contributed by atoms with Gasteiger partial charge in [-0.2, -0.15) is 0 Å². The van der Waals surface area contributed by atoms with E-state index in [0.29, 0.717) is 19.5 Å². The molecule has 0 saturated carbocycles. The maximum atomic E-state index is 12.5. The van der Waals surface area contributed by atoms with Crippen molar-refractivity contribution in [3.8, 4) is 11.3 Å². The molecule has 2 aromatic rings. The number of aromatic nitrogens is 1. The molecule has 1 N–H and O–H groups in total. The van der Waals surface area contributed by atoms with Gasteiger partial charge < -0.3 is 10.0 Å². The third-order valence-electron chi connectivity index (χ3n) is 4.33. The molecule has 1 fully saturated rings. The molecular weight excluding hydrogens is 324 g/mol. The smallest absolute Gasteiger partial charge is 0.308 e. The van der Waals surface area contributed by atoms with Crippen molar-refractivity contribution in [3.05, 3.63) is 39.7 Å². The number of carboxylic acid groups (broad SMARTS) is 1. The van der Waals surface area contributed by atoms with E-state index in [1.165, 1.54) is 16.9 Å². The number of nitrogens with zero attached hydrogens (tertiary/aromatic N) is 2. The van der Waals surface area contributed by atoms with Crippen LogP contribution in [-0.2, 0) is 16.0 Å². The van der Waals surface area contributed by atoms with Crippen LogP contribution in [0.1, 0.15) is 21.9 Å². The molecule has 126 valence electrons. The molecule has 1 aliphatic heterocycles. The zero-order valence-corrected chi connectivity index (χ0v) is 14.6. The first-order valence-corrected chi connectivity index (χ1v) is 8.79. The third-order valence-corrected chi connectivity index (χ3v) is 5.30. The largest absolute Gasteiger partial charge is 0.481 e. The lowest BCUT2D eigenvalue weighted by molar-refractivity contribution is -0.141. The average Bonchev–Trinajstić information content (AvgIpc) is 3.15. The van der Waals surface area contributed by atoms with Gasteiger partial charge in [0, 0.05) is 23.5 Å². The standard InChI is InChI=1S/C18H20N2O3S/c1-11-3-5-13(6-4-11)17-15(24-12(2)19-17)9-16(21)20-8-7-14(10-20)18(22)23/h3-6,14H,7-10H2,1-2H3,(H,22,23)/t14-/m0/s1. The zero-order chi connectivity index (χ0) is 17.3. The molecular formula is C18H20N2O3S. The van der Waals surface area contributed by atoms with Gasteiger partial charge >= 0.3 is 5.97 Å². The van der Waals surface area contributed by atoms with Crippen molar-refractivity contribution in [1.82, 2.24) is 9.88 Å². The van der Waals surface area contributed by atoms with Crippen LogP contribution < -0.4 is 0 Å². The van der Waals surface area contributed by atoms with E-state index in [4.69, 9.17) is 5.11 Å². The second-order valence-corrected chi connectivity index (χ2v) is 7.50. The van der Waals surface area contributed by atoms with Gasteiger partial charge in [0.1, 0.15) is 0 Å². The maximum Gasteiger partial charge on any atom is 0.308 e. The number of likely N-dealkylation sites (tertiary alicyclic amines) is 1. The highest BCUT2D eigenvalue weighted by atomic mass is 32.1. The van der Waals surface area contributed by atoms with E-state index in [1.807, 2.05) is 38.1 Å². The van der Waals surface area contributed by atoms with Gasteiger partial charge in [-0.25, -0.2) is 4.98 Å². The number of amides is 1. The third kappa shape index (κ3) is 3.48.